The number of nitrogens with two attached hydrogens (primary N) is 1. The lowest BCUT2D eigenvalue weighted by Gasteiger charge is -2.07. The molecule has 2 aromatic carbocycles. The third-order valence-corrected chi connectivity index (χ3v) is 2.78. The van der Waals surface area contributed by atoms with E-state index in [0.717, 1.165) is 5.39 Å². The second-order valence-corrected chi connectivity index (χ2v) is 4.44. The van der Waals surface area contributed by atoms with Crippen molar-refractivity contribution in [1.29, 1.82) is 0 Å². The van der Waals surface area contributed by atoms with Gasteiger partial charge in [0, 0.05) is 5.39 Å². The number of rotatable bonds is 3. The predicted octanol–water partition coefficient (Wildman–Crippen LogP) is 0.927. The fraction of sp³-hybridized carbons (Fsp3) is 0. The first kappa shape index (κ1) is 10.9. The van der Waals surface area contributed by atoms with Crippen LogP contribution in [0.25, 0.3) is 10.8 Å². The van der Waals surface area contributed by atoms with Gasteiger partial charge in [0.05, 0.1) is 0 Å². The summed E-state index contributed by atoms with van der Waals surface area (Å²) in [5.41, 5.74) is 0. The molecular weight excluding hydrogens is 228 g/mol. The molecule has 0 amide bonds. The van der Waals surface area contributed by atoms with Gasteiger partial charge in [0.25, 0.3) is 0 Å². The average Bonchev–Trinajstić information content (AvgIpc) is 2.29. The van der Waals surface area contributed by atoms with Crippen molar-refractivity contribution in [1.82, 2.24) is 4.83 Å². The first-order chi connectivity index (χ1) is 7.62. The number of hydrazine groups is 1. The molecule has 3 N–H and O–H groups in total. The van der Waals surface area contributed by atoms with Gasteiger partial charge < -0.3 is 4.18 Å². The molecule has 0 bridgehead atoms. The van der Waals surface area contributed by atoms with Gasteiger partial charge in [-0.1, -0.05) is 36.4 Å². The number of fused-ring (bicyclic) bond motifs is 1. The maximum absolute atomic E-state index is 11.2. The molecule has 0 saturated heterocycles. The van der Waals surface area contributed by atoms with Crippen LogP contribution in [0.3, 0.4) is 0 Å². The molecule has 6 heteroatoms. The van der Waals surface area contributed by atoms with E-state index in [1.54, 1.807) is 29.1 Å². The van der Waals surface area contributed by atoms with Gasteiger partial charge in [-0.15, -0.1) is 4.83 Å². The van der Waals surface area contributed by atoms with Crippen LogP contribution >= 0.6 is 0 Å². The van der Waals surface area contributed by atoms with Crippen molar-refractivity contribution in [2.24, 2.45) is 5.84 Å². The van der Waals surface area contributed by atoms with Gasteiger partial charge in [0.15, 0.2) is 5.75 Å². The SMILES string of the molecule is NNS(=O)(=O)Oc1cccc2ccccc12. The van der Waals surface area contributed by atoms with E-state index in [9.17, 15) is 8.42 Å². The van der Waals surface area contributed by atoms with Crippen molar-refractivity contribution >= 4 is 21.1 Å². The molecule has 0 heterocycles. The minimum atomic E-state index is -3.94. The van der Waals surface area contributed by atoms with Gasteiger partial charge in [-0.25, -0.2) is 0 Å². The minimum absolute atomic E-state index is 0.246. The van der Waals surface area contributed by atoms with Crippen LogP contribution in [0.2, 0.25) is 0 Å². The normalized spacial score (nSPS) is 11.6. The lowest BCUT2D eigenvalue weighted by molar-refractivity contribution is 0.475. The summed E-state index contributed by atoms with van der Waals surface area (Å²) in [7, 11) is -3.94. The van der Waals surface area contributed by atoms with Crippen molar-refractivity contribution in [2.75, 3.05) is 0 Å². The van der Waals surface area contributed by atoms with Crippen molar-refractivity contribution < 1.29 is 12.6 Å². The molecule has 0 saturated carbocycles. The highest BCUT2D eigenvalue weighted by molar-refractivity contribution is 7.85. The average molecular weight is 238 g/mol. The predicted molar refractivity (Wildman–Crippen MR) is 60.8 cm³/mol. The van der Waals surface area contributed by atoms with E-state index >= 15 is 0 Å². The topological polar surface area (TPSA) is 81.4 Å². The summed E-state index contributed by atoms with van der Waals surface area (Å²) in [4.78, 5) is 1.60. The molecule has 0 atom stereocenters. The molecule has 2 aromatic rings. The van der Waals surface area contributed by atoms with Crippen molar-refractivity contribution in [3.8, 4) is 5.75 Å². The van der Waals surface area contributed by atoms with E-state index in [-0.39, 0.29) is 5.75 Å². The molecule has 0 aliphatic heterocycles. The maximum atomic E-state index is 11.2. The van der Waals surface area contributed by atoms with Crippen LogP contribution in [0.1, 0.15) is 0 Å². The zero-order valence-corrected chi connectivity index (χ0v) is 9.07. The molecule has 0 spiro atoms. The first-order valence-corrected chi connectivity index (χ1v) is 5.93. The van der Waals surface area contributed by atoms with E-state index in [1.807, 2.05) is 18.2 Å². The molecule has 0 aliphatic carbocycles. The highest BCUT2D eigenvalue weighted by Gasteiger charge is 2.11. The van der Waals surface area contributed by atoms with Crippen LogP contribution in [0.4, 0.5) is 0 Å². The Morgan fingerprint density at radius 1 is 1.06 bits per heavy atom. The van der Waals surface area contributed by atoms with E-state index < -0.39 is 10.3 Å². The highest BCUT2D eigenvalue weighted by Crippen LogP contribution is 2.25. The third kappa shape index (κ3) is 2.13. The van der Waals surface area contributed by atoms with Gasteiger partial charge in [-0.05, 0) is 11.5 Å². The first-order valence-electron chi connectivity index (χ1n) is 4.52. The van der Waals surface area contributed by atoms with Crippen LogP contribution in [0.15, 0.2) is 42.5 Å². The summed E-state index contributed by atoms with van der Waals surface area (Å²) < 4.78 is 27.1. The molecule has 0 radical (unpaired) electrons. The maximum Gasteiger partial charge on any atom is 0.395 e. The Hall–Kier alpha value is -1.63. The zero-order chi connectivity index (χ0) is 11.6. The summed E-state index contributed by atoms with van der Waals surface area (Å²) in [6.07, 6.45) is 0. The van der Waals surface area contributed by atoms with E-state index in [4.69, 9.17) is 10.0 Å². The second kappa shape index (κ2) is 4.09. The molecule has 0 unspecified atom stereocenters. The molecular formula is C10H10N2O3S. The van der Waals surface area contributed by atoms with Gasteiger partial charge in [0.1, 0.15) is 0 Å². The van der Waals surface area contributed by atoms with Crippen molar-refractivity contribution in [3.05, 3.63) is 42.5 Å². The van der Waals surface area contributed by atoms with Crippen LogP contribution < -0.4 is 14.9 Å². The quantitative estimate of drug-likeness (QED) is 0.615. The van der Waals surface area contributed by atoms with Crippen LogP contribution in [-0.4, -0.2) is 8.42 Å². The van der Waals surface area contributed by atoms with Crippen molar-refractivity contribution in [2.45, 2.75) is 0 Å². The standard InChI is InChI=1S/C10H10N2O3S/c11-12-16(13,14)15-10-7-3-5-8-4-1-2-6-9(8)10/h1-7,12H,11H2. The largest absolute Gasteiger partial charge is 0.395 e. The van der Waals surface area contributed by atoms with E-state index in [0.29, 0.717) is 5.39 Å². The zero-order valence-electron chi connectivity index (χ0n) is 8.25. The summed E-state index contributed by atoms with van der Waals surface area (Å²) in [6, 6.07) is 12.5. The molecule has 2 rings (SSSR count). The number of hydrogen-bond donors (Lipinski definition) is 2. The Morgan fingerprint density at radius 3 is 2.50 bits per heavy atom. The van der Waals surface area contributed by atoms with Crippen molar-refractivity contribution in [3.63, 3.8) is 0 Å². The summed E-state index contributed by atoms with van der Waals surface area (Å²) >= 11 is 0. The third-order valence-electron chi connectivity index (χ3n) is 2.09. The van der Waals surface area contributed by atoms with Crippen LogP contribution in [-0.2, 0) is 10.3 Å². The van der Waals surface area contributed by atoms with Crippen LogP contribution in [0.5, 0.6) is 5.75 Å². The molecule has 0 aromatic heterocycles. The number of benzene rings is 2. The Bertz CT molecular complexity index is 605. The number of hydrogen-bond acceptors (Lipinski definition) is 4. The Morgan fingerprint density at radius 2 is 1.75 bits per heavy atom. The summed E-state index contributed by atoms with van der Waals surface area (Å²) in [5.74, 6) is 5.08. The van der Waals surface area contributed by atoms with Crippen LogP contribution in [0, 0.1) is 0 Å². The van der Waals surface area contributed by atoms with Gasteiger partial charge in [0.2, 0.25) is 0 Å². The van der Waals surface area contributed by atoms with E-state index in [1.165, 1.54) is 0 Å². The lowest BCUT2D eigenvalue weighted by Crippen LogP contribution is -2.34. The monoisotopic (exact) mass is 238 g/mol. The lowest BCUT2D eigenvalue weighted by atomic mass is 10.1. The Kier molecular flexibility index (Phi) is 2.78. The molecule has 5 nitrogen and oxygen atoms in total. The molecule has 16 heavy (non-hydrogen) atoms. The molecule has 84 valence electrons. The molecule has 0 fully saturated rings. The number of nitrogens with one attached hydrogen (secondary N) is 1. The Labute approximate surface area is 93.1 Å². The van der Waals surface area contributed by atoms with Gasteiger partial charge >= 0.3 is 10.3 Å². The highest BCUT2D eigenvalue weighted by atomic mass is 32.2. The Balaban J connectivity index is 2.53. The smallest absolute Gasteiger partial charge is 0.369 e. The minimum Gasteiger partial charge on any atom is -0.369 e. The fourth-order valence-electron chi connectivity index (χ4n) is 1.41. The summed E-state index contributed by atoms with van der Waals surface area (Å²) in [6.45, 7) is 0. The van der Waals surface area contributed by atoms with Gasteiger partial charge in [-0.3, -0.25) is 5.84 Å². The fourth-order valence-corrected chi connectivity index (χ4v) is 1.84. The molecule has 0 aliphatic rings. The second-order valence-electron chi connectivity index (χ2n) is 3.13. The summed E-state index contributed by atoms with van der Waals surface area (Å²) in [5, 5.41) is 1.61. The van der Waals surface area contributed by atoms with E-state index in [2.05, 4.69) is 0 Å². The van der Waals surface area contributed by atoms with Gasteiger partial charge in [-0.2, -0.15) is 8.42 Å².